The third-order valence-electron chi connectivity index (χ3n) is 7.62. The number of nitrogens with one attached hydrogen (secondary N) is 1. The maximum atomic E-state index is 14.2. The molecular formula is C32H38IN3O4S. The highest BCUT2D eigenvalue weighted by molar-refractivity contribution is 14.1. The van der Waals surface area contributed by atoms with Crippen LogP contribution in [0.5, 0.6) is 0 Å². The minimum Gasteiger partial charge on any atom is -0.352 e. The summed E-state index contributed by atoms with van der Waals surface area (Å²) in [5.41, 5.74) is 3.23. The van der Waals surface area contributed by atoms with Gasteiger partial charge in [0, 0.05) is 22.6 Å². The van der Waals surface area contributed by atoms with Crippen LogP contribution in [0, 0.1) is 10.5 Å². The smallest absolute Gasteiger partial charge is 0.244 e. The van der Waals surface area contributed by atoms with Crippen molar-refractivity contribution in [2.75, 3.05) is 17.1 Å². The van der Waals surface area contributed by atoms with E-state index in [4.69, 9.17) is 0 Å². The van der Waals surface area contributed by atoms with Gasteiger partial charge in [-0.2, -0.15) is 0 Å². The molecule has 1 aliphatic rings. The van der Waals surface area contributed by atoms with Gasteiger partial charge in [-0.3, -0.25) is 13.9 Å². The number of hydrogen-bond donors (Lipinski definition) is 1. The van der Waals surface area contributed by atoms with E-state index in [2.05, 4.69) is 27.9 Å². The van der Waals surface area contributed by atoms with Gasteiger partial charge in [-0.15, -0.1) is 0 Å². The molecule has 1 atom stereocenters. The highest BCUT2D eigenvalue weighted by Crippen LogP contribution is 2.23. The fourth-order valence-electron chi connectivity index (χ4n) is 5.29. The summed E-state index contributed by atoms with van der Waals surface area (Å²) < 4.78 is 27.9. The van der Waals surface area contributed by atoms with E-state index in [1.54, 1.807) is 29.2 Å². The zero-order valence-corrected chi connectivity index (χ0v) is 26.6. The Balaban J connectivity index is 1.72. The molecule has 0 radical (unpaired) electrons. The van der Waals surface area contributed by atoms with E-state index in [-0.39, 0.29) is 18.5 Å². The molecule has 1 N–H and O–H groups in total. The number of nitrogens with zero attached hydrogens (tertiary/aromatic N) is 2. The number of rotatable bonds is 11. The normalized spacial score (nSPS) is 14.7. The monoisotopic (exact) mass is 687 g/mol. The summed E-state index contributed by atoms with van der Waals surface area (Å²) in [5, 5.41) is 3.23. The first-order valence-electron chi connectivity index (χ1n) is 14.0. The van der Waals surface area contributed by atoms with Crippen molar-refractivity contribution in [3.63, 3.8) is 0 Å². The molecule has 0 heterocycles. The fourth-order valence-corrected chi connectivity index (χ4v) is 6.50. The van der Waals surface area contributed by atoms with Crippen molar-refractivity contribution in [1.29, 1.82) is 0 Å². The third-order valence-corrected chi connectivity index (χ3v) is 9.48. The van der Waals surface area contributed by atoms with Crippen molar-refractivity contribution in [3.8, 4) is 0 Å². The van der Waals surface area contributed by atoms with Gasteiger partial charge in [-0.1, -0.05) is 73.9 Å². The van der Waals surface area contributed by atoms with E-state index in [0.29, 0.717) is 12.1 Å². The van der Waals surface area contributed by atoms with E-state index >= 15 is 0 Å². The first-order valence-corrected chi connectivity index (χ1v) is 17.0. The van der Waals surface area contributed by atoms with Crippen LogP contribution < -0.4 is 9.62 Å². The summed E-state index contributed by atoms with van der Waals surface area (Å²) in [5.74, 6) is -0.639. The number of carbonyl (C=O) groups is 2. The van der Waals surface area contributed by atoms with E-state index in [1.807, 2.05) is 61.5 Å². The lowest BCUT2D eigenvalue weighted by Gasteiger charge is -2.35. The Bertz CT molecular complexity index is 1420. The van der Waals surface area contributed by atoms with Crippen LogP contribution in [-0.2, 0) is 32.6 Å². The van der Waals surface area contributed by atoms with Crippen LogP contribution in [0.4, 0.5) is 5.69 Å². The van der Waals surface area contributed by atoms with Crippen LogP contribution in [0.25, 0.3) is 0 Å². The molecule has 0 bridgehead atoms. The second-order valence-electron chi connectivity index (χ2n) is 10.7. The zero-order chi connectivity index (χ0) is 29.4. The summed E-state index contributed by atoms with van der Waals surface area (Å²) in [4.78, 5) is 29.8. The summed E-state index contributed by atoms with van der Waals surface area (Å²) in [6.45, 7) is 1.75. The maximum absolute atomic E-state index is 14.2. The Labute approximate surface area is 257 Å². The Morgan fingerprint density at radius 1 is 0.927 bits per heavy atom. The molecule has 7 nitrogen and oxygen atoms in total. The molecule has 1 unspecified atom stereocenters. The summed E-state index contributed by atoms with van der Waals surface area (Å²) in [6.07, 6.45) is 6.56. The highest BCUT2D eigenvalue weighted by Gasteiger charge is 2.34. The maximum Gasteiger partial charge on any atom is 0.244 e. The lowest BCUT2D eigenvalue weighted by molar-refractivity contribution is -0.140. The molecule has 0 aliphatic heterocycles. The Morgan fingerprint density at radius 3 is 2.20 bits per heavy atom. The van der Waals surface area contributed by atoms with Crippen molar-refractivity contribution >= 4 is 50.1 Å². The number of anilines is 1. The number of hydrogen-bond acceptors (Lipinski definition) is 4. The predicted octanol–water partition coefficient (Wildman–Crippen LogP) is 5.45. The molecule has 0 spiro atoms. The number of sulfonamides is 1. The standard InChI is InChI=1S/C32H38IN3O4S/c1-24-11-9-10-14-26(24)22-35(31(37)23-36(41(2,39)40)29-19-17-27(33)18-20-29)30(21-25-12-5-3-6-13-25)32(38)34-28-15-7-4-8-16-28/h3,5-6,9-14,17-20,28,30H,4,7-8,15-16,21-23H2,1-2H3,(H,34,38). The molecular weight excluding hydrogens is 649 g/mol. The van der Waals surface area contributed by atoms with Crippen LogP contribution in [0.3, 0.4) is 0 Å². The first-order chi connectivity index (χ1) is 19.6. The van der Waals surface area contributed by atoms with Crippen molar-refractivity contribution in [2.45, 2.75) is 64.1 Å². The topological polar surface area (TPSA) is 86.8 Å². The largest absolute Gasteiger partial charge is 0.352 e. The number of amides is 2. The van der Waals surface area contributed by atoms with Gasteiger partial charge in [0.15, 0.2) is 0 Å². The van der Waals surface area contributed by atoms with E-state index in [0.717, 1.165) is 62.9 Å². The Morgan fingerprint density at radius 2 is 1.56 bits per heavy atom. The molecule has 1 fully saturated rings. The third kappa shape index (κ3) is 8.78. The van der Waals surface area contributed by atoms with E-state index in [9.17, 15) is 18.0 Å². The molecule has 2 amide bonds. The van der Waals surface area contributed by atoms with Crippen LogP contribution in [0.1, 0.15) is 48.8 Å². The van der Waals surface area contributed by atoms with Gasteiger partial charge in [-0.05, 0) is 83.3 Å². The van der Waals surface area contributed by atoms with Crippen molar-refractivity contribution in [3.05, 3.63) is 99.1 Å². The number of halogens is 1. The minimum atomic E-state index is -3.79. The van der Waals surface area contributed by atoms with Gasteiger partial charge < -0.3 is 10.2 Å². The number of aryl methyl sites for hydroxylation is 1. The average molecular weight is 688 g/mol. The summed E-state index contributed by atoms with van der Waals surface area (Å²) >= 11 is 2.15. The molecule has 218 valence electrons. The zero-order valence-electron chi connectivity index (χ0n) is 23.6. The van der Waals surface area contributed by atoms with Gasteiger partial charge in [0.25, 0.3) is 0 Å². The number of carbonyl (C=O) groups excluding carboxylic acids is 2. The van der Waals surface area contributed by atoms with E-state index in [1.165, 1.54) is 0 Å². The van der Waals surface area contributed by atoms with Gasteiger partial charge >= 0.3 is 0 Å². The lowest BCUT2D eigenvalue weighted by Crippen LogP contribution is -2.55. The van der Waals surface area contributed by atoms with Crippen molar-refractivity contribution in [2.24, 2.45) is 0 Å². The summed E-state index contributed by atoms with van der Waals surface area (Å²) in [7, 11) is -3.79. The first kappa shape index (κ1) is 31.0. The SMILES string of the molecule is Cc1ccccc1CN(C(=O)CN(c1ccc(I)cc1)S(C)(=O)=O)C(Cc1ccccc1)C(=O)NC1CCCCC1. The van der Waals surface area contributed by atoms with E-state index < -0.39 is 28.5 Å². The van der Waals surface area contributed by atoms with Crippen molar-refractivity contribution in [1.82, 2.24) is 10.2 Å². The van der Waals surface area contributed by atoms with Crippen LogP contribution in [-0.4, -0.2) is 50.0 Å². The second kappa shape index (κ2) is 14.3. The molecule has 3 aromatic carbocycles. The molecule has 3 aromatic rings. The molecule has 0 saturated heterocycles. The predicted molar refractivity (Wildman–Crippen MR) is 172 cm³/mol. The molecule has 1 saturated carbocycles. The van der Waals surface area contributed by atoms with Crippen LogP contribution in [0.2, 0.25) is 0 Å². The average Bonchev–Trinajstić information content (AvgIpc) is 2.95. The van der Waals surface area contributed by atoms with Gasteiger partial charge in [0.2, 0.25) is 21.8 Å². The Kier molecular flexibility index (Phi) is 10.8. The fraction of sp³-hybridized carbons (Fsp3) is 0.375. The van der Waals surface area contributed by atoms with Crippen LogP contribution in [0.15, 0.2) is 78.9 Å². The quantitative estimate of drug-likeness (QED) is 0.272. The molecule has 0 aromatic heterocycles. The lowest BCUT2D eigenvalue weighted by atomic mass is 9.94. The van der Waals surface area contributed by atoms with Gasteiger partial charge in [0.1, 0.15) is 12.6 Å². The van der Waals surface area contributed by atoms with Crippen molar-refractivity contribution < 1.29 is 18.0 Å². The highest BCUT2D eigenvalue weighted by atomic mass is 127. The molecule has 1 aliphatic carbocycles. The van der Waals surface area contributed by atoms with Crippen LogP contribution >= 0.6 is 22.6 Å². The summed E-state index contributed by atoms with van der Waals surface area (Å²) in [6, 6.07) is 23.7. The minimum absolute atomic E-state index is 0.0734. The number of benzene rings is 3. The molecule has 9 heteroatoms. The molecule has 41 heavy (non-hydrogen) atoms. The molecule has 4 rings (SSSR count). The second-order valence-corrected chi connectivity index (χ2v) is 13.9. The van der Waals surface area contributed by atoms with Gasteiger partial charge in [0.05, 0.1) is 11.9 Å². The van der Waals surface area contributed by atoms with Gasteiger partial charge in [-0.25, -0.2) is 8.42 Å². The Hall–Kier alpha value is -2.92.